The molecule has 1 atom stereocenters. The Bertz CT molecular complexity index is 626. The van der Waals surface area contributed by atoms with Gasteiger partial charge in [0.05, 0.1) is 11.6 Å². The number of aryl methyl sites for hydroxylation is 1. The number of para-hydroxylation sites is 1. The van der Waals surface area contributed by atoms with Gasteiger partial charge in [-0.25, -0.2) is 0 Å². The Morgan fingerprint density at radius 1 is 1.14 bits per heavy atom. The summed E-state index contributed by atoms with van der Waals surface area (Å²) in [6.45, 7) is 0.695. The molecule has 0 bridgehead atoms. The van der Waals surface area contributed by atoms with E-state index in [2.05, 4.69) is 40.2 Å². The molecular weight excluding hydrogens is 348 g/mol. The van der Waals surface area contributed by atoms with E-state index in [9.17, 15) is 0 Å². The molecule has 3 heteroatoms. The summed E-state index contributed by atoms with van der Waals surface area (Å²) in [6, 6.07) is 14.6. The molecule has 2 aromatic rings. The van der Waals surface area contributed by atoms with Crippen LogP contribution in [-0.2, 0) is 11.8 Å². The highest BCUT2D eigenvalue weighted by Gasteiger charge is 2.21. The predicted octanol–water partition coefficient (Wildman–Crippen LogP) is 5.73. The molecule has 1 aliphatic carbocycles. The Kier molecular flexibility index (Phi) is 4.87. The first kappa shape index (κ1) is 14.9. The average Bonchev–Trinajstić information content (AvgIpc) is 2.53. The molecule has 0 amide bonds. The van der Waals surface area contributed by atoms with E-state index >= 15 is 0 Å². The van der Waals surface area contributed by atoms with Crippen molar-refractivity contribution in [3.05, 3.63) is 64.2 Å². The van der Waals surface area contributed by atoms with E-state index in [0.29, 0.717) is 17.5 Å². The van der Waals surface area contributed by atoms with Crippen LogP contribution in [0.1, 0.15) is 35.4 Å². The molecule has 0 saturated carbocycles. The zero-order valence-corrected chi connectivity index (χ0v) is 14.2. The number of benzene rings is 2. The van der Waals surface area contributed by atoms with Crippen molar-refractivity contribution >= 4 is 27.5 Å². The van der Waals surface area contributed by atoms with Gasteiger partial charge < -0.3 is 4.74 Å². The summed E-state index contributed by atoms with van der Waals surface area (Å²) in [4.78, 5) is 0. The van der Waals surface area contributed by atoms with Gasteiger partial charge in [0.25, 0.3) is 0 Å². The van der Waals surface area contributed by atoms with Crippen molar-refractivity contribution in [2.45, 2.75) is 30.5 Å². The molecule has 0 fully saturated rings. The second-order valence-corrected chi connectivity index (χ2v) is 6.43. The molecule has 0 aliphatic heterocycles. The quantitative estimate of drug-likeness (QED) is 0.628. The van der Waals surface area contributed by atoms with Crippen molar-refractivity contribution in [3.8, 4) is 5.75 Å². The molecule has 21 heavy (non-hydrogen) atoms. The summed E-state index contributed by atoms with van der Waals surface area (Å²) in [5, 5.41) is 1.44. The van der Waals surface area contributed by atoms with Gasteiger partial charge in [0.1, 0.15) is 5.75 Å². The van der Waals surface area contributed by atoms with Gasteiger partial charge in [-0.05, 0) is 36.5 Å². The van der Waals surface area contributed by atoms with Crippen molar-refractivity contribution in [1.82, 2.24) is 0 Å². The highest BCUT2D eigenvalue weighted by Crippen LogP contribution is 2.35. The first-order chi connectivity index (χ1) is 10.3. The number of ether oxygens (including phenoxy) is 1. The van der Waals surface area contributed by atoms with Crippen LogP contribution in [0.15, 0.2) is 42.5 Å². The molecule has 0 spiro atoms. The normalized spacial score (nSPS) is 17.3. The maximum absolute atomic E-state index is 6.28. The average molecular weight is 366 g/mol. The van der Waals surface area contributed by atoms with Crippen molar-refractivity contribution in [2.75, 3.05) is 6.61 Å². The Balaban J connectivity index is 1.78. The predicted molar refractivity (Wildman–Crippen MR) is 91.7 cm³/mol. The molecule has 0 radical (unpaired) electrons. The van der Waals surface area contributed by atoms with Crippen LogP contribution in [0, 0.1) is 0 Å². The highest BCUT2D eigenvalue weighted by molar-refractivity contribution is 9.08. The summed E-state index contributed by atoms with van der Waals surface area (Å²) in [5.41, 5.74) is 4.01. The van der Waals surface area contributed by atoms with Gasteiger partial charge in [0.15, 0.2) is 0 Å². The van der Waals surface area contributed by atoms with Crippen LogP contribution in [0.4, 0.5) is 0 Å². The van der Waals surface area contributed by atoms with Gasteiger partial charge in [-0.2, -0.15) is 0 Å². The van der Waals surface area contributed by atoms with Crippen molar-refractivity contribution < 1.29 is 4.74 Å². The number of rotatable bonds is 4. The molecule has 3 rings (SSSR count). The van der Waals surface area contributed by atoms with E-state index < -0.39 is 0 Å². The lowest BCUT2D eigenvalue weighted by molar-refractivity contribution is 0.273. The second-order valence-electron chi connectivity index (χ2n) is 5.46. The summed E-state index contributed by atoms with van der Waals surface area (Å²) >= 11 is 9.78. The fourth-order valence-corrected chi connectivity index (χ4v) is 3.72. The zero-order valence-electron chi connectivity index (χ0n) is 11.8. The monoisotopic (exact) mass is 364 g/mol. The molecular formula is C18H18BrClO. The highest BCUT2D eigenvalue weighted by atomic mass is 79.9. The van der Waals surface area contributed by atoms with Gasteiger partial charge in [0.2, 0.25) is 0 Å². The maximum atomic E-state index is 6.28. The van der Waals surface area contributed by atoms with Crippen LogP contribution < -0.4 is 4.74 Å². The number of hydrogen-bond donors (Lipinski definition) is 0. The third-order valence-electron chi connectivity index (χ3n) is 4.11. The number of halogens is 2. The molecule has 1 nitrogen and oxygen atoms in total. The lowest BCUT2D eigenvalue weighted by Crippen LogP contribution is -2.17. The molecule has 1 aliphatic rings. The number of fused-ring (bicyclic) bond motifs is 1. The standard InChI is InChI=1S/C18H18BrClO/c19-11-14-7-4-10-17(20)18(14)21-12-15-8-3-6-13-5-1-2-9-16(13)15/h1-2,4-5,7,9-10,15H,3,6,8,11-12H2. The third-order valence-corrected chi connectivity index (χ3v) is 5.02. The Morgan fingerprint density at radius 3 is 2.86 bits per heavy atom. The Hall–Kier alpha value is -0.990. The van der Waals surface area contributed by atoms with E-state index in [1.807, 2.05) is 18.2 Å². The van der Waals surface area contributed by atoms with Gasteiger partial charge in [-0.1, -0.05) is 63.9 Å². The van der Waals surface area contributed by atoms with E-state index in [-0.39, 0.29) is 0 Å². The van der Waals surface area contributed by atoms with Crippen LogP contribution in [0.3, 0.4) is 0 Å². The fraction of sp³-hybridized carbons (Fsp3) is 0.333. The Labute approximate surface area is 139 Å². The zero-order chi connectivity index (χ0) is 14.7. The number of hydrogen-bond acceptors (Lipinski definition) is 1. The Morgan fingerprint density at radius 2 is 2.00 bits per heavy atom. The fourth-order valence-electron chi connectivity index (χ4n) is 3.03. The summed E-state index contributed by atoms with van der Waals surface area (Å²) in [6.07, 6.45) is 3.61. The largest absolute Gasteiger partial charge is 0.491 e. The summed E-state index contributed by atoms with van der Waals surface area (Å²) in [5.74, 6) is 1.29. The minimum Gasteiger partial charge on any atom is -0.491 e. The molecule has 0 N–H and O–H groups in total. The van der Waals surface area contributed by atoms with Crippen LogP contribution >= 0.6 is 27.5 Å². The van der Waals surface area contributed by atoms with Gasteiger partial charge in [0, 0.05) is 16.8 Å². The van der Waals surface area contributed by atoms with Crippen molar-refractivity contribution in [3.63, 3.8) is 0 Å². The SMILES string of the molecule is Clc1cccc(CBr)c1OCC1CCCc2ccccc21. The van der Waals surface area contributed by atoms with Crippen LogP contribution in [-0.4, -0.2) is 6.61 Å². The van der Waals surface area contributed by atoms with E-state index in [0.717, 1.165) is 16.6 Å². The van der Waals surface area contributed by atoms with Gasteiger partial charge in [-0.15, -0.1) is 0 Å². The molecule has 1 unspecified atom stereocenters. The maximum Gasteiger partial charge on any atom is 0.141 e. The van der Waals surface area contributed by atoms with E-state index in [1.54, 1.807) is 0 Å². The van der Waals surface area contributed by atoms with Crippen LogP contribution in [0.2, 0.25) is 5.02 Å². The topological polar surface area (TPSA) is 9.23 Å². The lowest BCUT2D eigenvalue weighted by Gasteiger charge is -2.26. The first-order valence-corrected chi connectivity index (χ1v) is 8.83. The van der Waals surface area contributed by atoms with Crippen molar-refractivity contribution in [1.29, 1.82) is 0 Å². The summed E-state index contributed by atoms with van der Waals surface area (Å²) in [7, 11) is 0. The second kappa shape index (κ2) is 6.85. The molecule has 0 heterocycles. The van der Waals surface area contributed by atoms with Gasteiger partial charge in [-0.3, -0.25) is 0 Å². The van der Waals surface area contributed by atoms with Crippen LogP contribution in [0.25, 0.3) is 0 Å². The summed E-state index contributed by atoms with van der Waals surface area (Å²) < 4.78 is 6.09. The number of alkyl halides is 1. The third kappa shape index (κ3) is 3.27. The smallest absolute Gasteiger partial charge is 0.141 e. The molecule has 2 aromatic carbocycles. The first-order valence-electron chi connectivity index (χ1n) is 7.33. The van der Waals surface area contributed by atoms with E-state index in [1.165, 1.54) is 30.4 Å². The minimum atomic E-state index is 0.467. The minimum absolute atomic E-state index is 0.467. The van der Waals surface area contributed by atoms with Gasteiger partial charge >= 0.3 is 0 Å². The van der Waals surface area contributed by atoms with Crippen molar-refractivity contribution in [2.24, 2.45) is 0 Å². The molecule has 0 saturated heterocycles. The lowest BCUT2D eigenvalue weighted by atomic mass is 9.83. The van der Waals surface area contributed by atoms with E-state index in [4.69, 9.17) is 16.3 Å². The molecule has 0 aromatic heterocycles. The molecule has 110 valence electrons. The van der Waals surface area contributed by atoms with Crippen LogP contribution in [0.5, 0.6) is 5.75 Å².